The minimum Gasteiger partial charge on any atom is -0.358 e. The molecule has 0 amide bonds. The van der Waals surface area contributed by atoms with Gasteiger partial charge in [0, 0.05) is 20.1 Å². The summed E-state index contributed by atoms with van der Waals surface area (Å²) in [5.74, 6) is 1.78. The Morgan fingerprint density at radius 3 is 2.59 bits per heavy atom. The summed E-state index contributed by atoms with van der Waals surface area (Å²) in [5, 5.41) is 0. The normalized spacial score (nSPS) is 17.1. The van der Waals surface area contributed by atoms with Crippen LogP contribution in [0.15, 0.2) is 12.4 Å². The van der Waals surface area contributed by atoms with Gasteiger partial charge in [0.15, 0.2) is 0 Å². The van der Waals surface area contributed by atoms with Crippen molar-refractivity contribution in [3.05, 3.63) is 18.1 Å². The van der Waals surface area contributed by atoms with Crippen LogP contribution in [0.25, 0.3) is 0 Å². The number of nitrogens with two attached hydrogens (primary N) is 1. The summed E-state index contributed by atoms with van der Waals surface area (Å²) in [6.45, 7) is 1.55. The van der Waals surface area contributed by atoms with Crippen LogP contribution in [0.5, 0.6) is 0 Å². The van der Waals surface area contributed by atoms with Crippen LogP contribution in [0.1, 0.15) is 37.8 Å². The van der Waals surface area contributed by atoms with Gasteiger partial charge in [-0.2, -0.15) is 0 Å². The first-order valence-corrected chi connectivity index (χ1v) is 6.51. The van der Waals surface area contributed by atoms with Crippen LogP contribution >= 0.6 is 0 Å². The molecule has 0 atom stereocenters. The molecule has 2 N–H and O–H groups in total. The zero-order valence-electron chi connectivity index (χ0n) is 10.6. The van der Waals surface area contributed by atoms with Gasteiger partial charge < -0.3 is 10.6 Å². The van der Waals surface area contributed by atoms with Crippen LogP contribution in [-0.4, -0.2) is 23.6 Å². The predicted molar refractivity (Wildman–Crippen MR) is 69.8 cm³/mol. The molecule has 0 spiro atoms. The summed E-state index contributed by atoms with van der Waals surface area (Å²) in [5.41, 5.74) is 6.36. The second-order valence-electron chi connectivity index (χ2n) is 4.95. The van der Waals surface area contributed by atoms with E-state index >= 15 is 0 Å². The zero-order chi connectivity index (χ0) is 12.1. The topological polar surface area (TPSA) is 55.0 Å². The van der Waals surface area contributed by atoms with Gasteiger partial charge in [-0.1, -0.05) is 19.3 Å². The molecule has 0 unspecified atom stereocenters. The van der Waals surface area contributed by atoms with Gasteiger partial charge in [0.1, 0.15) is 5.82 Å². The van der Waals surface area contributed by atoms with Crippen molar-refractivity contribution < 1.29 is 0 Å². The number of nitrogens with zero attached hydrogens (tertiary/aromatic N) is 3. The van der Waals surface area contributed by atoms with Gasteiger partial charge in [0.25, 0.3) is 0 Å². The third-order valence-corrected chi connectivity index (χ3v) is 3.55. The fourth-order valence-corrected chi connectivity index (χ4v) is 2.50. The first kappa shape index (κ1) is 12.3. The lowest BCUT2D eigenvalue weighted by Gasteiger charge is -2.27. The second kappa shape index (κ2) is 5.96. The van der Waals surface area contributed by atoms with E-state index in [0.29, 0.717) is 6.54 Å². The number of hydrogen-bond acceptors (Lipinski definition) is 4. The van der Waals surface area contributed by atoms with E-state index in [-0.39, 0.29) is 0 Å². The summed E-state index contributed by atoms with van der Waals surface area (Å²) < 4.78 is 0. The monoisotopic (exact) mass is 234 g/mol. The molecular formula is C13H22N4. The van der Waals surface area contributed by atoms with Crippen LogP contribution in [-0.2, 0) is 6.54 Å². The standard InChI is InChI=1S/C13H22N4/c1-17(10-11-5-3-2-4-6-11)13-9-15-12(7-14)8-16-13/h8-9,11H,2-7,10,14H2,1H3. The van der Waals surface area contributed by atoms with Gasteiger partial charge in [0.05, 0.1) is 18.1 Å². The maximum absolute atomic E-state index is 5.51. The lowest BCUT2D eigenvalue weighted by Crippen LogP contribution is -2.27. The van der Waals surface area contributed by atoms with Crippen LogP contribution in [0.4, 0.5) is 5.82 Å². The fourth-order valence-electron chi connectivity index (χ4n) is 2.50. The zero-order valence-corrected chi connectivity index (χ0v) is 10.6. The van der Waals surface area contributed by atoms with Gasteiger partial charge in [-0.05, 0) is 18.8 Å². The quantitative estimate of drug-likeness (QED) is 0.865. The Kier molecular flexibility index (Phi) is 4.31. The van der Waals surface area contributed by atoms with Crippen molar-refractivity contribution in [3.63, 3.8) is 0 Å². The average molecular weight is 234 g/mol. The maximum Gasteiger partial charge on any atom is 0.146 e. The largest absolute Gasteiger partial charge is 0.358 e. The number of anilines is 1. The minimum absolute atomic E-state index is 0.458. The van der Waals surface area contributed by atoms with Gasteiger partial charge in [-0.25, -0.2) is 4.98 Å². The van der Waals surface area contributed by atoms with E-state index < -0.39 is 0 Å². The van der Waals surface area contributed by atoms with Crippen molar-refractivity contribution in [1.82, 2.24) is 9.97 Å². The van der Waals surface area contributed by atoms with E-state index in [1.807, 2.05) is 6.20 Å². The number of aromatic nitrogens is 2. The van der Waals surface area contributed by atoms with Gasteiger partial charge in [-0.15, -0.1) is 0 Å². The highest BCUT2D eigenvalue weighted by Crippen LogP contribution is 2.25. The van der Waals surface area contributed by atoms with E-state index in [0.717, 1.165) is 24.0 Å². The SMILES string of the molecule is CN(CC1CCCCC1)c1cnc(CN)cn1. The second-order valence-corrected chi connectivity index (χ2v) is 4.95. The van der Waals surface area contributed by atoms with Crippen molar-refractivity contribution in [2.45, 2.75) is 38.6 Å². The van der Waals surface area contributed by atoms with Crippen molar-refractivity contribution in [2.24, 2.45) is 11.7 Å². The third-order valence-electron chi connectivity index (χ3n) is 3.55. The molecule has 1 aromatic rings. The average Bonchev–Trinajstić information content (AvgIpc) is 2.40. The molecule has 1 saturated carbocycles. The molecular weight excluding hydrogens is 212 g/mol. The Hall–Kier alpha value is -1.16. The van der Waals surface area contributed by atoms with Crippen LogP contribution in [0.2, 0.25) is 0 Å². The summed E-state index contributed by atoms with van der Waals surface area (Å²) in [7, 11) is 2.10. The Morgan fingerprint density at radius 1 is 1.24 bits per heavy atom. The highest BCUT2D eigenvalue weighted by Gasteiger charge is 2.16. The number of hydrogen-bond donors (Lipinski definition) is 1. The molecule has 1 heterocycles. The van der Waals surface area contributed by atoms with E-state index in [2.05, 4.69) is 21.9 Å². The Bertz CT molecular complexity index is 330. The van der Waals surface area contributed by atoms with Gasteiger partial charge >= 0.3 is 0 Å². The Labute approximate surface area is 103 Å². The van der Waals surface area contributed by atoms with E-state index in [1.54, 1.807) is 6.20 Å². The molecule has 0 bridgehead atoms. The summed E-state index contributed by atoms with van der Waals surface area (Å²) in [6.07, 6.45) is 10.5. The molecule has 0 saturated heterocycles. The molecule has 2 rings (SSSR count). The van der Waals surface area contributed by atoms with Crippen molar-refractivity contribution in [1.29, 1.82) is 0 Å². The molecule has 94 valence electrons. The molecule has 4 heteroatoms. The number of rotatable bonds is 4. The predicted octanol–water partition coefficient (Wildman–Crippen LogP) is 1.95. The molecule has 1 aliphatic rings. The molecule has 0 radical (unpaired) electrons. The van der Waals surface area contributed by atoms with Crippen LogP contribution < -0.4 is 10.6 Å². The van der Waals surface area contributed by atoms with Crippen molar-refractivity contribution in [3.8, 4) is 0 Å². The Morgan fingerprint density at radius 2 is 2.00 bits per heavy atom. The minimum atomic E-state index is 0.458. The molecule has 0 aliphatic heterocycles. The van der Waals surface area contributed by atoms with E-state index in [9.17, 15) is 0 Å². The molecule has 1 fully saturated rings. The first-order valence-electron chi connectivity index (χ1n) is 6.51. The summed E-state index contributed by atoms with van der Waals surface area (Å²) >= 11 is 0. The highest BCUT2D eigenvalue weighted by atomic mass is 15.2. The van der Waals surface area contributed by atoms with Crippen LogP contribution in [0.3, 0.4) is 0 Å². The lowest BCUT2D eigenvalue weighted by atomic mass is 9.89. The first-order chi connectivity index (χ1) is 8.29. The molecule has 1 aliphatic carbocycles. The summed E-state index contributed by atoms with van der Waals surface area (Å²) in [4.78, 5) is 10.9. The van der Waals surface area contributed by atoms with E-state index in [1.165, 1.54) is 32.1 Å². The van der Waals surface area contributed by atoms with Gasteiger partial charge in [0.2, 0.25) is 0 Å². The van der Waals surface area contributed by atoms with Crippen molar-refractivity contribution in [2.75, 3.05) is 18.5 Å². The highest BCUT2D eigenvalue weighted by molar-refractivity contribution is 5.34. The maximum atomic E-state index is 5.51. The fraction of sp³-hybridized carbons (Fsp3) is 0.692. The summed E-state index contributed by atoms with van der Waals surface area (Å²) in [6, 6.07) is 0. The van der Waals surface area contributed by atoms with Crippen LogP contribution in [0, 0.1) is 5.92 Å². The molecule has 1 aromatic heterocycles. The molecule has 17 heavy (non-hydrogen) atoms. The Balaban J connectivity index is 1.91. The smallest absolute Gasteiger partial charge is 0.146 e. The molecule has 4 nitrogen and oxygen atoms in total. The lowest BCUT2D eigenvalue weighted by molar-refractivity contribution is 0.361. The van der Waals surface area contributed by atoms with Gasteiger partial charge in [-0.3, -0.25) is 4.98 Å². The van der Waals surface area contributed by atoms with Crippen molar-refractivity contribution >= 4 is 5.82 Å². The third kappa shape index (κ3) is 3.40. The molecule has 0 aromatic carbocycles. The van der Waals surface area contributed by atoms with E-state index in [4.69, 9.17) is 5.73 Å².